The lowest BCUT2D eigenvalue weighted by Gasteiger charge is -2.21. The Labute approximate surface area is 230 Å². The van der Waals surface area contributed by atoms with Crippen LogP contribution >= 0.6 is 12.2 Å². The van der Waals surface area contributed by atoms with Gasteiger partial charge in [-0.05, 0) is 73.6 Å². The van der Waals surface area contributed by atoms with E-state index in [-0.39, 0.29) is 16.6 Å². The second-order valence-corrected chi connectivity index (χ2v) is 10.7. The molecule has 0 heterocycles. The van der Waals surface area contributed by atoms with Crippen LogP contribution in [0.4, 0.5) is 5.69 Å². The van der Waals surface area contributed by atoms with Crippen molar-refractivity contribution in [3.8, 4) is 11.5 Å². The minimum Gasteiger partial charge on any atom is -0.490 e. The molecule has 10 heteroatoms. The third-order valence-corrected chi connectivity index (χ3v) is 7.52. The molecule has 3 rings (SSSR count). The molecule has 0 radical (unpaired) electrons. The van der Waals surface area contributed by atoms with Crippen LogP contribution in [0.15, 0.2) is 83.8 Å². The zero-order valence-electron chi connectivity index (χ0n) is 21.6. The zero-order chi connectivity index (χ0) is 27.4. The standard InChI is InChI=1S/C28H33N3O5S2/c1-3-18-31(19-4-2)38(33,34)24-16-14-22(15-17-24)29-28(37)30-27(32)25-12-8-9-13-26(25)36-21-20-35-23-10-6-5-7-11-23/h5-17H,3-4,18-21H2,1-2H3,(H2,29,30,32,37). The molecule has 0 fully saturated rings. The lowest BCUT2D eigenvalue weighted by molar-refractivity contribution is 0.0972. The molecule has 0 saturated heterocycles. The topological polar surface area (TPSA) is 97.0 Å². The van der Waals surface area contributed by atoms with Crippen LogP contribution in [0.25, 0.3) is 0 Å². The first kappa shape index (κ1) is 29.1. The summed E-state index contributed by atoms with van der Waals surface area (Å²) < 4.78 is 38.8. The van der Waals surface area contributed by atoms with Crippen LogP contribution < -0.4 is 20.1 Å². The van der Waals surface area contributed by atoms with E-state index in [0.717, 1.165) is 18.6 Å². The summed E-state index contributed by atoms with van der Waals surface area (Å²) in [4.78, 5) is 13.1. The normalized spacial score (nSPS) is 11.1. The van der Waals surface area contributed by atoms with E-state index in [9.17, 15) is 13.2 Å². The summed E-state index contributed by atoms with van der Waals surface area (Å²) >= 11 is 5.30. The van der Waals surface area contributed by atoms with Crippen molar-refractivity contribution in [2.45, 2.75) is 31.6 Å². The third kappa shape index (κ3) is 8.27. The number of anilines is 1. The van der Waals surface area contributed by atoms with E-state index in [1.807, 2.05) is 44.2 Å². The number of amides is 1. The Morgan fingerprint density at radius 2 is 1.45 bits per heavy atom. The molecule has 8 nitrogen and oxygen atoms in total. The van der Waals surface area contributed by atoms with Crippen LogP contribution in [0.2, 0.25) is 0 Å². The number of hydrogen-bond donors (Lipinski definition) is 2. The molecule has 0 spiro atoms. The quantitative estimate of drug-likeness (QED) is 0.224. The summed E-state index contributed by atoms with van der Waals surface area (Å²) in [5, 5.41) is 5.64. The number of thiocarbonyl (C=S) groups is 1. The summed E-state index contributed by atoms with van der Waals surface area (Å²) in [6, 6.07) is 22.5. The molecule has 3 aromatic carbocycles. The molecular formula is C28H33N3O5S2. The van der Waals surface area contributed by atoms with Crippen LogP contribution in [0, 0.1) is 0 Å². The molecule has 0 aromatic heterocycles. The molecule has 0 aliphatic carbocycles. The maximum atomic E-state index is 12.9. The molecule has 1 amide bonds. The van der Waals surface area contributed by atoms with E-state index >= 15 is 0 Å². The molecule has 0 atom stereocenters. The number of nitrogens with one attached hydrogen (secondary N) is 2. The molecule has 202 valence electrons. The van der Waals surface area contributed by atoms with Crippen molar-refractivity contribution in [1.29, 1.82) is 0 Å². The third-order valence-electron chi connectivity index (χ3n) is 5.41. The van der Waals surface area contributed by atoms with Gasteiger partial charge in [-0.1, -0.05) is 44.2 Å². The monoisotopic (exact) mass is 555 g/mol. The van der Waals surface area contributed by atoms with Crippen molar-refractivity contribution in [1.82, 2.24) is 9.62 Å². The summed E-state index contributed by atoms with van der Waals surface area (Å²) in [5.74, 6) is 0.710. The Kier molecular flexibility index (Phi) is 11.1. The summed E-state index contributed by atoms with van der Waals surface area (Å²) in [5.41, 5.74) is 0.874. The summed E-state index contributed by atoms with van der Waals surface area (Å²) in [7, 11) is -3.58. The highest BCUT2D eigenvalue weighted by molar-refractivity contribution is 7.89. The maximum Gasteiger partial charge on any atom is 0.261 e. The van der Waals surface area contributed by atoms with E-state index < -0.39 is 15.9 Å². The van der Waals surface area contributed by atoms with Crippen molar-refractivity contribution < 1.29 is 22.7 Å². The molecule has 0 saturated carbocycles. The predicted molar refractivity (Wildman–Crippen MR) is 153 cm³/mol. The van der Waals surface area contributed by atoms with Gasteiger partial charge in [0.2, 0.25) is 10.0 Å². The Bertz CT molecular complexity index is 1290. The van der Waals surface area contributed by atoms with Crippen LogP contribution in [-0.2, 0) is 10.0 Å². The molecule has 2 N–H and O–H groups in total. The first-order valence-corrected chi connectivity index (χ1v) is 14.3. The van der Waals surface area contributed by atoms with E-state index in [0.29, 0.717) is 36.7 Å². The number of ether oxygens (including phenoxy) is 2. The lowest BCUT2D eigenvalue weighted by Crippen LogP contribution is -2.34. The van der Waals surface area contributed by atoms with Crippen molar-refractivity contribution in [3.05, 3.63) is 84.4 Å². The lowest BCUT2D eigenvalue weighted by atomic mass is 10.2. The van der Waals surface area contributed by atoms with Gasteiger partial charge in [-0.15, -0.1) is 0 Å². The second kappa shape index (κ2) is 14.5. The number of carbonyl (C=O) groups is 1. The van der Waals surface area contributed by atoms with Gasteiger partial charge < -0.3 is 14.8 Å². The number of nitrogens with zero attached hydrogens (tertiary/aromatic N) is 1. The molecule has 38 heavy (non-hydrogen) atoms. The van der Waals surface area contributed by atoms with Crippen LogP contribution in [0.5, 0.6) is 11.5 Å². The van der Waals surface area contributed by atoms with Gasteiger partial charge in [0.15, 0.2) is 5.11 Å². The molecule has 0 aliphatic rings. The SMILES string of the molecule is CCCN(CCC)S(=O)(=O)c1ccc(NC(=S)NC(=O)c2ccccc2OCCOc2ccccc2)cc1. The number of benzene rings is 3. The first-order chi connectivity index (χ1) is 18.3. The fourth-order valence-corrected chi connectivity index (χ4v) is 5.49. The fourth-order valence-electron chi connectivity index (χ4n) is 3.65. The van der Waals surface area contributed by atoms with Gasteiger partial charge in [-0.3, -0.25) is 10.1 Å². The Balaban J connectivity index is 1.56. The van der Waals surface area contributed by atoms with Gasteiger partial charge in [0.25, 0.3) is 5.91 Å². The largest absolute Gasteiger partial charge is 0.490 e. The number of rotatable bonds is 13. The van der Waals surface area contributed by atoms with Gasteiger partial charge in [-0.25, -0.2) is 8.42 Å². The van der Waals surface area contributed by atoms with E-state index in [4.69, 9.17) is 21.7 Å². The Morgan fingerprint density at radius 3 is 2.11 bits per heavy atom. The minimum atomic E-state index is -3.58. The summed E-state index contributed by atoms with van der Waals surface area (Å²) in [6.45, 7) is 5.41. The molecule has 3 aromatic rings. The first-order valence-electron chi connectivity index (χ1n) is 12.5. The van der Waals surface area contributed by atoms with Gasteiger partial charge in [-0.2, -0.15) is 4.31 Å². The average Bonchev–Trinajstić information content (AvgIpc) is 2.92. The zero-order valence-corrected chi connectivity index (χ0v) is 23.2. The highest BCUT2D eigenvalue weighted by Crippen LogP contribution is 2.20. The predicted octanol–water partition coefficient (Wildman–Crippen LogP) is 5.08. The fraction of sp³-hybridized carbons (Fsp3) is 0.286. The van der Waals surface area contributed by atoms with Gasteiger partial charge in [0.1, 0.15) is 24.7 Å². The Hall–Kier alpha value is -3.47. The average molecular weight is 556 g/mol. The van der Waals surface area contributed by atoms with Gasteiger partial charge in [0.05, 0.1) is 10.5 Å². The minimum absolute atomic E-state index is 0.0754. The van der Waals surface area contributed by atoms with Gasteiger partial charge >= 0.3 is 0 Å². The highest BCUT2D eigenvalue weighted by atomic mass is 32.2. The van der Waals surface area contributed by atoms with E-state index in [1.54, 1.807) is 36.4 Å². The van der Waals surface area contributed by atoms with Crippen molar-refractivity contribution in [2.24, 2.45) is 0 Å². The van der Waals surface area contributed by atoms with Crippen LogP contribution in [0.1, 0.15) is 37.0 Å². The number of sulfonamides is 1. The van der Waals surface area contributed by atoms with E-state index in [2.05, 4.69) is 10.6 Å². The second-order valence-electron chi connectivity index (χ2n) is 8.34. The Morgan fingerprint density at radius 1 is 0.842 bits per heavy atom. The number of para-hydroxylation sites is 2. The molecular weight excluding hydrogens is 522 g/mol. The maximum absolute atomic E-state index is 12.9. The van der Waals surface area contributed by atoms with E-state index in [1.165, 1.54) is 16.4 Å². The molecule has 0 bridgehead atoms. The number of hydrogen-bond acceptors (Lipinski definition) is 6. The highest BCUT2D eigenvalue weighted by Gasteiger charge is 2.23. The van der Waals surface area contributed by atoms with Crippen LogP contribution in [-0.4, -0.2) is 50.0 Å². The molecule has 0 unspecified atom stereocenters. The van der Waals surface area contributed by atoms with Crippen molar-refractivity contribution >= 4 is 38.9 Å². The van der Waals surface area contributed by atoms with Crippen molar-refractivity contribution in [3.63, 3.8) is 0 Å². The van der Waals surface area contributed by atoms with Crippen LogP contribution in [0.3, 0.4) is 0 Å². The van der Waals surface area contributed by atoms with Gasteiger partial charge in [0, 0.05) is 18.8 Å². The molecule has 0 aliphatic heterocycles. The number of carbonyl (C=O) groups excluding carboxylic acids is 1. The summed E-state index contributed by atoms with van der Waals surface area (Å²) in [6.07, 6.45) is 1.48. The smallest absolute Gasteiger partial charge is 0.261 e. The van der Waals surface area contributed by atoms with Crippen molar-refractivity contribution in [2.75, 3.05) is 31.6 Å².